The summed E-state index contributed by atoms with van der Waals surface area (Å²) in [5.74, 6) is 0.619. The summed E-state index contributed by atoms with van der Waals surface area (Å²) >= 11 is 0. The van der Waals surface area contributed by atoms with Crippen LogP contribution in [-0.2, 0) is 11.2 Å². The molecule has 15 heavy (non-hydrogen) atoms. The molecule has 0 radical (unpaired) electrons. The minimum atomic E-state index is -0.438. The predicted molar refractivity (Wildman–Crippen MR) is 59.0 cm³/mol. The molecule has 0 saturated carbocycles. The molecule has 0 fully saturated rings. The number of amides is 1. The van der Waals surface area contributed by atoms with E-state index in [2.05, 4.69) is 5.32 Å². The molecule has 0 aromatic heterocycles. The minimum Gasteiger partial charge on any atom is -0.478 e. The smallest absolute Gasteiger partial charge is 0.265 e. The maximum absolute atomic E-state index is 11.4. The normalized spacial score (nSPS) is 19.1. The van der Waals surface area contributed by atoms with E-state index in [1.165, 1.54) is 0 Å². The molecule has 2 rings (SSSR count). The third-order valence-corrected chi connectivity index (χ3v) is 2.49. The highest BCUT2D eigenvalue weighted by Gasteiger charge is 2.25. The van der Waals surface area contributed by atoms with Crippen molar-refractivity contribution in [1.82, 2.24) is 0 Å². The van der Waals surface area contributed by atoms with Crippen LogP contribution < -0.4 is 15.8 Å². The van der Waals surface area contributed by atoms with Gasteiger partial charge in [0.05, 0.1) is 5.69 Å². The van der Waals surface area contributed by atoms with Gasteiger partial charge in [0.25, 0.3) is 5.91 Å². The molecular formula is C11H14N2O2. The van der Waals surface area contributed by atoms with Gasteiger partial charge in [0, 0.05) is 5.69 Å². The Morgan fingerprint density at radius 2 is 2.27 bits per heavy atom. The first-order valence-corrected chi connectivity index (χ1v) is 5.01. The topological polar surface area (TPSA) is 64.3 Å². The first kappa shape index (κ1) is 9.83. The van der Waals surface area contributed by atoms with Gasteiger partial charge < -0.3 is 15.8 Å². The van der Waals surface area contributed by atoms with Crippen LogP contribution in [0.25, 0.3) is 0 Å². The second kappa shape index (κ2) is 3.46. The van der Waals surface area contributed by atoms with Crippen LogP contribution in [0.4, 0.5) is 11.4 Å². The van der Waals surface area contributed by atoms with Gasteiger partial charge in [0.15, 0.2) is 6.10 Å². The Labute approximate surface area is 88.4 Å². The van der Waals surface area contributed by atoms with Crippen molar-refractivity contribution < 1.29 is 9.53 Å². The van der Waals surface area contributed by atoms with Crippen molar-refractivity contribution in [2.24, 2.45) is 0 Å². The molecule has 0 spiro atoms. The second-order valence-electron chi connectivity index (χ2n) is 3.66. The quantitative estimate of drug-likeness (QED) is 0.685. The van der Waals surface area contributed by atoms with Crippen LogP contribution in [0.1, 0.15) is 19.4 Å². The van der Waals surface area contributed by atoms with Gasteiger partial charge in [-0.25, -0.2) is 0 Å². The first-order chi connectivity index (χ1) is 7.11. The van der Waals surface area contributed by atoms with E-state index in [1.807, 2.05) is 13.0 Å². The summed E-state index contributed by atoms with van der Waals surface area (Å²) in [5, 5.41) is 2.78. The van der Waals surface area contributed by atoms with Gasteiger partial charge in [-0.2, -0.15) is 0 Å². The lowest BCUT2D eigenvalue weighted by Gasteiger charge is -2.25. The van der Waals surface area contributed by atoms with Gasteiger partial charge in [-0.15, -0.1) is 0 Å². The van der Waals surface area contributed by atoms with Gasteiger partial charge in [0.2, 0.25) is 0 Å². The Morgan fingerprint density at radius 3 is 2.93 bits per heavy atom. The van der Waals surface area contributed by atoms with Gasteiger partial charge in [-0.1, -0.05) is 6.92 Å². The van der Waals surface area contributed by atoms with E-state index in [9.17, 15) is 4.79 Å². The van der Waals surface area contributed by atoms with Gasteiger partial charge in [0.1, 0.15) is 5.75 Å². The Kier molecular flexibility index (Phi) is 2.26. The Hall–Kier alpha value is -1.71. The number of benzene rings is 1. The summed E-state index contributed by atoms with van der Waals surface area (Å²) in [5.41, 5.74) is 8.07. The maximum atomic E-state index is 11.4. The van der Waals surface area contributed by atoms with Crippen molar-refractivity contribution in [1.29, 1.82) is 0 Å². The fourth-order valence-corrected chi connectivity index (χ4v) is 1.67. The third kappa shape index (κ3) is 1.63. The molecule has 4 nitrogen and oxygen atoms in total. The molecule has 1 aromatic carbocycles. The van der Waals surface area contributed by atoms with Crippen LogP contribution >= 0.6 is 0 Å². The van der Waals surface area contributed by atoms with Crippen molar-refractivity contribution in [3.05, 3.63) is 17.7 Å². The number of hydrogen-bond donors (Lipinski definition) is 2. The number of nitrogens with one attached hydrogen (secondary N) is 1. The fourth-order valence-electron chi connectivity index (χ4n) is 1.67. The highest BCUT2D eigenvalue weighted by atomic mass is 16.5. The average Bonchev–Trinajstić information content (AvgIpc) is 2.19. The minimum absolute atomic E-state index is 0.129. The highest BCUT2D eigenvalue weighted by Crippen LogP contribution is 2.35. The lowest BCUT2D eigenvalue weighted by Crippen LogP contribution is -2.34. The van der Waals surface area contributed by atoms with Gasteiger partial charge >= 0.3 is 0 Å². The summed E-state index contributed by atoms with van der Waals surface area (Å²) in [4.78, 5) is 11.4. The van der Waals surface area contributed by atoms with Crippen LogP contribution in [0.2, 0.25) is 0 Å². The molecule has 4 heteroatoms. The molecule has 80 valence electrons. The molecule has 0 saturated heterocycles. The summed E-state index contributed by atoms with van der Waals surface area (Å²) in [6.07, 6.45) is 0.391. The third-order valence-electron chi connectivity index (χ3n) is 2.49. The first-order valence-electron chi connectivity index (χ1n) is 5.01. The number of ether oxygens (including phenoxy) is 1. The lowest BCUT2D eigenvalue weighted by molar-refractivity contribution is -0.122. The number of nitrogen functional groups attached to an aromatic ring is 1. The van der Waals surface area contributed by atoms with Crippen molar-refractivity contribution in [3.63, 3.8) is 0 Å². The van der Waals surface area contributed by atoms with Crippen LogP contribution in [0.5, 0.6) is 5.75 Å². The summed E-state index contributed by atoms with van der Waals surface area (Å²) in [7, 11) is 0. The van der Waals surface area contributed by atoms with E-state index < -0.39 is 6.10 Å². The molecule has 1 aliphatic rings. The van der Waals surface area contributed by atoms with Crippen LogP contribution in [-0.4, -0.2) is 12.0 Å². The second-order valence-corrected chi connectivity index (χ2v) is 3.66. The van der Waals surface area contributed by atoms with E-state index in [-0.39, 0.29) is 5.91 Å². The maximum Gasteiger partial charge on any atom is 0.265 e. The molecule has 0 bridgehead atoms. The zero-order valence-corrected chi connectivity index (χ0v) is 8.83. The summed E-state index contributed by atoms with van der Waals surface area (Å²) in [6, 6.07) is 3.60. The number of rotatable bonds is 1. The molecule has 1 aliphatic heterocycles. The SMILES string of the molecule is CCc1cc(N)cc2c1OC(C)C(=O)N2. The zero-order valence-electron chi connectivity index (χ0n) is 8.83. The van der Waals surface area contributed by atoms with Crippen LogP contribution in [0.3, 0.4) is 0 Å². The Bertz CT molecular complexity index is 415. The van der Waals surface area contributed by atoms with E-state index in [1.54, 1.807) is 13.0 Å². The van der Waals surface area contributed by atoms with Crippen molar-refractivity contribution >= 4 is 17.3 Å². The number of fused-ring (bicyclic) bond motifs is 1. The van der Waals surface area contributed by atoms with E-state index in [4.69, 9.17) is 10.5 Å². The van der Waals surface area contributed by atoms with Crippen molar-refractivity contribution in [2.75, 3.05) is 11.1 Å². The summed E-state index contributed by atoms with van der Waals surface area (Å²) < 4.78 is 5.55. The lowest BCUT2D eigenvalue weighted by atomic mass is 10.1. The average molecular weight is 206 g/mol. The van der Waals surface area contributed by atoms with Crippen LogP contribution in [0, 0.1) is 0 Å². The zero-order chi connectivity index (χ0) is 11.0. The van der Waals surface area contributed by atoms with Crippen LogP contribution in [0.15, 0.2) is 12.1 Å². The monoisotopic (exact) mass is 206 g/mol. The Morgan fingerprint density at radius 1 is 1.53 bits per heavy atom. The van der Waals surface area contributed by atoms with Gasteiger partial charge in [-0.3, -0.25) is 4.79 Å². The number of carbonyl (C=O) groups is 1. The molecule has 1 atom stereocenters. The number of hydrogen-bond acceptors (Lipinski definition) is 3. The Balaban J connectivity index is 2.51. The number of nitrogens with two attached hydrogens (primary N) is 1. The van der Waals surface area contributed by atoms with E-state index in [0.717, 1.165) is 17.7 Å². The molecule has 1 aromatic rings. The van der Waals surface area contributed by atoms with E-state index in [0.29, 0.717) is 11.4 Å². The molecule has 1 unspecified atom stereocenters. The molecule has 1 heterocycles. The van der Waals surface area contributed by atoms with E-state index >= 15 is 0 Å². The number of carbonyl (C=O) groups excluding carboxylic acids is 1. The van der Waals surface area contributed by atoms with Crippen molar-refractivity contribution in [3.8, 4) is 5.75 Å². The number of anilines is 2. The summed E-state index contributed by atoms with van der Waals surface area (Å²) in [6.45, 7) is 3.76. The standard InChI is InChI=1S/C11H14N2O2/c1-3-7-4-8(12)5-9-10(7)15-6(2)11(14)13-9/h4-6H,3,12H2,1-2H3,(H,13,14). The molecular weight excluding hydrogens is 192 g/mol. The van der Waals surface area contributed by atoms with Crippen molar-refractivity contribution in [2.45, 2.75) is 26.4 Å². The molecule has 3 N–H and O–H groups in total. The number of aryl methyl sites for hydroxylation is 1. The highest BCUT2D eigenvalue weighted by molar-refractivity contribution is 5.98. The molecule has 0 aliphatic carbocycles. The molecule has 1 amide bonds. The van der Waals surface area contributed by atoms with Gasteiger partial charge in [-0.05, 0) is 31.0 Å². The largest absolute Gasteiger partial charge is 0.478 e. The predicted octanol–water partition coefficient (Wildman–Crippen LogP) is 1.55. The fraction of sp³-hybridized carbons (Fsp3) is 0.364.